The molecule has 0 saturated heterocycles. The summed E-state index contributed by atoms with van der Waals surface area (Å²) in [5, 5.41) is 0. The molecule has 2 heteroatoms. The molecule has 0 bridgehead atoms. The summed E-state index contributed by atoms with van der Waals surface area (Å²) in [6.07, 6.45) is 0. The number of nitrogens with two attached hydrogens (primary N) is 1. The first kappa shape index (κ1) is 8.60. The number of hydrogen-bond acceptors (Lipinski definition) is 1. The maximum atomic E-state index is 5.36. The zero-order chi connectivity index (χ0) is 5.11. The SMILES string of the molecule is Nc1ccccc1.[Eu]. The Hall–Kier alpha value is 0.604. The van der Waals surface area contributed by atoms with Crippen molar-refractivity contribution in [1.82, 2.24) is 0 Å². The summed E-state index contributed by atoms with van der Waals surface area (Å²) >= 11 is 0. The summed E-state index contributed by atoms with van der Waals surface area (Å²) < 4.78 is 0. The van der Waals surface area contributed by atoms with Gasteiger partial charge in [-0.2, -0.15) is 0 Å². The van der Waals surface area contributed by atoms with E-state index in [2.05, 4.69) is 0 Å². The van der Waals surface area contributed by atoms with Gasteiger partial charge in [-0.05, 0) is 12.1 Å². The molecular weight excluding hydrogens is 238 g/mol. The van der Waals surface area contributed by atoms with Gasteiger partial charge in [0.1, 0.15) is 0 Å². The Kier molecular flexibility index (Phi) is 4.82. The molecule has 8 heavy (non-hydrogen) atoms. The predicted molar refractivity (Wildman–Crippen MR) is 30.9 cm³/mol. The molecule has 0 spiro atoms. The second-order valence-electron chi connectivity index (χ2n) is 1.41. The molecule has 2 N–H and O–H groups in total. The van der Waals surface area contributed by atoms with Gasteiger partial charge in [0, 0.05) is 55.1 Å². The third-order valence-electron chi connectivity index (χ3n) is 0.800. The van der Waals surface area contributed by atoms with E-state index >= 15 is 0 Å². The molecule has 0 amide bonds. The Balaban J connectivity index is 0.000000490. The van der Waals surface area contributed by atoms with Crippen LogP contribution in [0.2, 0.25) is 0 Å². The topological polar surface area (TPSA) is 26.0 Å². The molecule has 43 valence electrons. The van der Waals surface area contributed by atoms with Crippen molar-refractivity contribution in [3.05, 3.63) is 30.3 Å². The first-order valence-corrected chi connectivity index (χ1v) is 2.20. The van der Waals surface area contributed by atoms with Crippen LogP contribution in [0.3, 0.4) is 0 Å². The van der Waals surface area contributed by atoms with E-state index in [0.717, 1.165) is 5.69 Å². The van der Waals surface area contributed by atoms with Crippen LogP contribution in [-0.2, 0) is 0 Å². The van der Waals surface area contributed by atoms with E-state index in [1.807, 2.05) is 30.3 Å². The minimum atomic E-state index is 0. The average molecular weight is 245 g/mol. The van der Waals surface area contributed by atoms with Crippen molar-refractivity contribution < 1.29 is 49.4 Å². The fourth-order valence-electron chi connectivity index (χ4n) is 0.453. The van der Waals surface area contributed by atoms with Crippen LogP contribution in [0.5, 0.6) is 0 Å². The van der Waals surface area contributed by atoms with Gasteiger partial charge in [-0.15, -0.1) is 0 Å². The largest absolute Gasteiger partial charge is 0.399 e. The van der Waals surface area contributed by atoms with Gasteiger partial charge in [-0.1, -0.05) is 18.2 Å². The number of rotatable bonds is 0. The maximum absolute atomic E-state index is 5.36. The fourth-order valence-corrected chi connectivity index (χ4v) is 0.453. The van der Waals surface area contributed by atoms with Gasteiger partial charge in [0.15, 0.2) is 0 Å². The third kappa shape index (κ3) is 2.80. The van der Waals surface area contributed by atoms with Gasteiger partial charge >= 0.3 is 0 Å². The minimum absolute atomic E-state index is 0. The Labute approximate surface area is 89.8 Å². The van der Waals surface area contributed by atoms with Crippen LogP contribution in [0, 0.1) is 49.4 Å². The summed E-state index contributed by atoms with van der Waals surface area (Å²) in [6.45, 7) is 0. The molecule has 0 aliphatic heterocycles. The summed E-state index contributed by atoms with van der Waals surface area (Å²) in [4.78, 5) is 0. The van der Waals surface area contributed by atoms with E-state index < -0.39 is 0 Å². The van der Waals surface area contributed by atoms with Crippen molar-refractivity contribution in [2.75, 3.05) is 5.73 Å². The van der Waals surface area contributed by atoms with Crippen LogP contribution in [0.25, 0.3) is 0 Å². The molecular formula is C6H7EuN. The van der Waals surface area contributed by atoms with Crippen molar-refractivity contribution in [2.45, 2.75) is 0 Å². The average Bonchev–Trinajstić information content (AvgIpc) is 1.69. The third-order valence-corrected chi connectivity index (χ3v) is 0.800. The standard InChI is InChI=1S/C6H7N.Eu/c7-6-4-2-1-3-5-6;/h1-5H,7H2;. The van der Waals surface area contributed by atoms with E-state index in [9.17, 15) is 0 Å². The molecule has 1 radical (unpaired) electrons. The van der Waals surface area contributed by atoms with Crippen molar-refractivity contribution in [1.29, 1.82) is 0 Å². The van der Waals surface area contributed by atoms with E-state index in [1.165, 1.54) is 0 Å². The predicted octanol–water partition coefficient (Wildman–Crippen LogP) is 1.27. The molecule has 1 aromatic rings. The smallest absolute Gasteiger partial charge is 0.0313 e. The van der Waals surface area contributed by atoms with Gasteiger partial charge in [-0.3, -0.25) is 0 Å². The molecule has 0 heterocycles. The van der Waals surface area contributed by atoms with Crippen molar-refractivity contribution in [2.24, 2.45) is 0 Å². The number of anilines is 1. The number of para-hydroxylation sites is 1. The molecule has 0 fully saturated rings. The summed E-state index contributed by atoms with van der Waals surface area (Å²) in [5.74, 6) is 0. The van der Waals surface area contributed by atoms with Gasteiger partial charge in [0.2, 0.25) is 0 Å². The quantitative estimate of drug-likeness (QED) is 0.684. The zero-order valence-electron chi connectivity index (χ0n) is 4.34. The first-order valence-electron chi connectivity index (χ1n) is 2.20. The van der Waals surface area contributed by atoms with Crippen LogP contribution in [-0.4, -0.2) is 0 Å². The normalized spacial score (nSPS) is 7.50. The van der Waals surface area contributed by atoms with Gasteiger partial charge in [-0.25, -0.2) is 0 Å². The van der Waals surface area contributed by atoms with E-state index in [4.69, 9.17) is 5.73 Å². The van der Waals surface area contributed by atoms with Crippen molar-refractivity contribution in [3.63, 3.8) is 0 Å². The molecule has 0 atom stereocenters. The van der Waals surface area contributed by atoms with Gasteiger partial charge in [0.25, 0.3) is 0 Å². The van der Waals surface area contributed by atoms with Crippen molar-refractivity contribution >= 4 is 5.69 Å². The number of benzene rings is 1. The van der Waals surface area contributed by atoms with Crippen LogP contribution in [0.1, 0.15) is 0 Å². The second-order valence-corrected chi connectivity index (χ2v) is 1.41. The fraction of sp³-hybridized carbons (Fsp3) is 0. The molecule has 0 unspecified atom stereocenters. The molecule has 0 aromatic heterocycles. The van der Waals surface area contributed by atoms with E-state index in [1.54, 1.807) is 0 Å². The Bertz CT molecular complexity index is 138. The molecule has 0 aliphatic rings. The van der Waals surface area contributed by atoms with Crippen molar-refractivity contribution in [3.8, 4) is 0 Å². The molecule has 1 nitrogen and oxygen atoms in total. The van der Waals surface area contributed by atoms with Crippen LogP contribution in [0.4, 0.5) is 5.69 Å². The molecule has 1 aromatic carbocycles. The second kappa shape index (κ2) is 4.48. The Morgan fingerprint density at radius 3 is 1.75 bits per heavy atom. The van der Waals surface area contributed by atoms with Gasteiger partial charge < -0.3 is 5.73 Å². The Morgan fingerprint density at radius 2 is 1.50 bits per heavy atom. The molecule has 0 saturated carbocycles. The molecule has 1 rings (SSSR count). The van der Waals surface area contributed by atoms with Crippen LogP contribution >= 0.6 is 0 Å². The van der Waals surface area contributed by atoms with E-state index in [-0.39, 0.29) is 49.4 Å². The number of hydrogen-bond donors (Lipinski definition) is 1. The maximum Gasteiger partial charge on any atom is 0.0313 e. The summed E-state index contributed by atoms with van der Waals surface area (Å²) in [5.41, 5.74) is 6.18. The molecule has 0 aliphatic carbocycles. The minimum Gasteiger partial charge on any atom is -0.399 e. The monoisotopic (exact) mass is 246 g/mol. The summed E-state index contributed by atoms with van der Waals surface area (Å²) in [7, 11) is 0. The van der Waals surface area contributed by atoms with Crippen LogP contribution in [0.15, 0.2) is 30.3 Å². The van der Waals surface area contributed by atoms with Gasteiger partial charge in [0.05, 0.1) is 0 Å². The zero-order valence-corrected chi connectivity index (χ0v) is 6.77. The Morgan fingerprint density at radius 1 is 1.00 bits per heavy atom. The first-order chi connectivity index (χ1) is 3.39. The van der Waals surface area contributed by atoms with E-state index in [0.29, 0.717) is 0 Å². The summed E-state index contributed by atoms with van der Waals surface area (Å²) in [6, 6.07) is 9.49. The number of nitrogen functional groups attached to an aromatic ring is 1. The van der Waals surface area contributed by atoms with Crippen LogP contribution < -0.4 is 5.73 Å².